The minimum atomic E-state index is 0.0779. The van der Waals surface area contributed by atoms with E-state index in [4.69, 9.17) is 10.5 Å². The van der Waals surface area contributed by atoms with Gasteiger partial charge in [-0.1, -0.05) is 6.07 Å². The van der Waals surface area contributed by atoms with Crippen LogP contribution in [0.1, 0.15) is 30.9 Å². The Morgan fingerprint density at radius 3 is 2.44 bits per heavy atom. The lowest BCUT2D eigenvalue weighted by Gasteiger charge is -2.21. The molecule has 0 aromatic heterocycles. The Balaban J connectivity index is 2.45. The van der Waals surface area contributed by atoms with Gasteiger partial charge in [-0.2, -0.15) is 0 Å². The number of hydrogen-bond acceptors (Lipinski definition) is 3. The lowest BCUT2D eigenvalue weighted by Crippen LogP contribution is -2.31. The van der Waals surface area contributed by atoms with Crippen LogP contribution in [-0.4, -0.2) is 18.3 Å². The largest absolute Gasteiger partial charge is 0.504 e. The number of aryl methyl sites for hydroxylation is 1. The zero-order valence-electron chi connectivity index (χ0n) is 10.1. The van der Waals surface area contributed by atoms with E-state index in [1.165, 1.54) is 0 Å². The van der Waals surface area contributed by atoms with Crippen molar-refractivity contribution >= 4 is 0 Å². The van der Waals surface area contributed by atoms with E-state index >= 15 is 0 Å². The minimum absolute atomic E-state index is 0.0779. The number of phenolic OH excluding ortho intramolecular Hbond substituents is 1. The van der Waals surface area contributed by atoms with E-state index in [-0.39, 0.29) is 17.2 Å². The molecule has 3 nitrogen and oxygen atoms in total. The second-order valence-electron chi connectivity index (χ2n) is 4.79. The average molecular weight is 221 g/mol. The fraction of sp³-hybridized carbons (Fsp3) is 0.538. The first kappa shape index (κ1) is 11.3. The van der Waals surface area contributed by atoms with Gasteiger partial charge >= 0.3 is 0 Å². The predicted molar refractivity (Wildman–Crippen MR) is 64.0 cm³/mol. The molecule has 0 spiro atoms. The molecular weight excluding hydrogens is 202 g/mol. The second kappa shape index (κ2) is 3.67. The maximum Gasteiger partial charge on any atom is 0.163 e. The van der Waals surface area contributed by atoms with Crippen LogP contribution in [0.3, 0.4) is 0 Å². The number of hydrogen-bond donors (Lipinski definition) is 2. The van der Waals surface area contributed by atoms with E-state index in [1.807, 2.05) is 13.8 Å². The third-order valence-corrected chi connectivity index (χ3v) is 3.69. The zero-order valence-corrected chi connectivity index (χ0v) is 10.1. The van der Waals surface area contributed by atoms with Crippen molar-refractivity contribution in [3.63, 3.8) is 0 Å². The number of nitrogens with two attached hydrogens (primary N) is 1. The molecule has 0 heterocycles. The van der Waals surface area contributed by atoms with Crippen molar-refractivity contribution in [1.29, 1.82) is 0 Å². The third kappa shape index (κ3) is 1.55. The summed E-state index contributed by atoms with van der Waals surface area (Å²) in [6.45, 7) is 3.98. The summed E-state index contributed by atoms with van der Waals surface area (Å²) in [5.41, 5.74) is 8.20. The Morgan fingerprint density at radius 2 is 2.06 bits per heavy atom. The zero-order chi connectivity index (χ0) is 11.9. The molecule has 2 rings (SSSR count). The van der Waals surface area contributed by atoms with Crippen molar-refractivity contribution in [1.82, 2.24) is 0 Å². The van der Waals surface area contributed by atoms with Crippen LogP contribution >= 0.6 is 0 Å². The maximum absolute atomic E-state index is 9.88. The van der Waals surface area contributed by atoms with E-state index in [2.05, 4.69) is 6.07 Å². The van der Waals surface area contributed by atoms with Gasteiger partial charge in [0.25, 0.3) is 0 Å². The van der Waals surface area contributed by atoms with Gasteiger partial charge < -0.3 is 15.6 Å². The van der Waals surface area contributed by atoms with E-state index in [9.17, 15) is 5.11 Å². The van der Waals surface area contributed by atoms with Crippen LogP contribution in [0, 0.1) is 6.92 Å². The molecule has 1 aliphatic rings. The lowest BCUT2D eigenvalue weighted by atomic mass is 9.88. The molecule has 0 bridgehead atoms. The monoisotopic (exact) mass is 221 g/mol. The molecule has 0 amide bonds. The molecule has 1 atom stereocenters. The van der Waals surface area contributed by atoms with Gasteiger partial charge in [0.15, 0.2) is 11.5 Å². The van der Waals surface area contributed by atoms with Gasteiger partial charge in [-0.05, 0) is 43.9 Å². The summed E-state index contributed by atoms with van der Waals surface area (Å²) in [5, 5.41) is 9.88. The number of ether oxygens (including phenoxy) is 1. The standard InChI is InChI=1S/C13H19NO2/c1-8-6-10(7-11(15)12(8)16-3)13(4-5-13)9(2)14/h6-7,9,15H,4-5,14H2,1-3H3. The molecule has 1 aliphatic carbocycles. The Morgan fingerprint density at radius 1 is 1.44 bits per heavy atom. The summed E-state index contributed by atoms with van der Waals surface area (Å²) in [6, 6.07) is 4.00. The molecule has 1 saturated carbocycles. The molecule has 1 fully saturated rings. The SMILES string of the molecule is COc1c(C)cc(C2(C(C)N)CC2)cc1O. The van der Waals surface area contributed by atoms with Crippen molar-refractivity contribution < 1.29 is 9.84 Å². The van der Waals surface area contributed by atoms with Crippen LogP contribution in [0.5, 0.6) is 11.5 Å². The Bertz CT molecular complexity index is 385. The first-order valence-corrected chi connectivity index (χ1v) is 5.65. The topological polar surface area (TPSA) is 55.5 Å². The van der Waals surface area contributed by atoms with Gasteiger partial charge in [-0.3, -0.25) is 0 Å². The first-order chi connectivity index (χ1) is 7.51. The highest BCUT2D eigenvalue weighted by atomic mass is 16.5. The van der Waals surface area contributed by atoms with E-state index < -0.39 is 0 Å². The summed E-state index contributed by atoms with van der Waals surface area (Å²) in [4.78, 5) is 0. The highest BCUT2D eigenvalue weighted by Crippen LogP contribution is 2.52. The maximum atomic E-state index is 9.88. The van der Waals surface area contributed by atoms with Crippen molar-refractivity contribution in [2.24, 2.45) is 5.73 Å². The summed E-state index contributed by atoms with van der Waals surface area (Å²) < 4.78 is 5.14. The van der Waals surface area contributed by atoms with Crippen LogP contribution in [0.15, 0.2) is 12.1 Å². The molecular formula is C13H19NO2. The fourth-order valence-corrected chi connectivity index (χ4v) is 2.45. The van der Waals surface area contributed by atoms with Crippen molar-refractivity contribution in [2.45, 2.75) is 38.1 Å². The van der Waals surface area contributed by atoms with Crippen LogP contribution in [-0.2, 0) is 5.41 Å². The summed E-state index contributed by atoms with van der Waals surface area (Å²) in [7, 11) is 1.57. The van der Waals surface area contributed by atoms with E-state index in [1.54, 1.807) is 13.2 Å². The second-order valence-corrected chi connectivity index (χ2v) is 4.79. The highest BCUT2D eigenvalue weighted by molar-refractivity contribution is 5.51. The Kier molecular flexibility index (Phi) is 2.58. The van der Waals surface area contributed by atoms with Gasteiger partial charge in [0.2, 0.25) is 0 Å². The summed E-state index contributed by atoms with van der Waals surface area (Å²) in [5.74, 6) is 0.772. The molecule has 3 N–H and O–H groups in total. The van der Waals surface area contributed by atoms with Crippen LogP contribution in [0.2, 0.25) is 0 Å². The fourth-order valence-electron chi connectivity index (χ4n) is 2.45. The lowest BCUT2D eigenvalue weighted by molar-refractivity contribution is 0.369. The van der Waals surface area contributed by atoms with Gasteiger partial charge in [-0.15, -0.1) is 0 Å². The molecule has 3 heteroatoms. The Hall–Kier alpha value is -1.22. The summed E-state index contributed by atoms with van der Waals surface area (Å²) in [6.07, 6.45) is 2.21. The van der Waals surface area contributed by atoms with Crippen molar-refractivity contribution in [2.75, 3.05) is 7.11 Å². The molecule has 0 saturated heterocycles. The molecule has 88 valence electrons. The molecule has 1 unspecified atom stereocenters. The van der Waals surface area contributed by atoms with Crippen molar-refractivity contribution in [3.05, 3.63) is 23.3 Å². The molecule has 1 aromatic carbocycles. The molecule has 1 aromatic rings. The number of methoxy groups -OCH3 is 1. The third-order valence-electron chi connectivity index (χ3n) is 3.69. The van der Waals surface area contributed by atoms with Crippen LogP contribution < -0.4 is 10.5 Å². The van der Waals surface area contributed by atoms with Crippen LogP contribution in [0.25, 0.3) is 0 Å². The molecule has 0 radical (unpaired) electrons. The average Bonchev–Trinajstić information content (AvgIpc) is 2.97. The van der Waals surface area contributed by atoms with Gasteiger partial charge in [0.05, 0.1) is 7.11 Å². The first-order valence-electron chi connectivity index (χ1n) is 5.65. The summed E-state index contributed by atoms with van der Waals surface area (Å²) >= 11 is 0. The van der Waals surface area contributed by atoms with Crippen molar-refractivity contribution in [3.8, 4) is 11.5 Å². The normalized spacial score (nSPS) is 19.2. The quantitative estimate of drug-likeness (QED) is 0.821. The predicted octanol–water partition coefficient (Wildman–Crippen LogP) is 2.09. The highest BCUT2D eigenvalue weighted by Gasteiger charge is 2.47. The molecule has 16 heavy (non-hydrogen) atoms. The van der Waals surface area contributed by atoms with E-state index in [0.29, 0.717) is 5.75 Å². The minimum Gasteiger partial charge on any atom is -0.504 e. The number of aromatic hydroxyl groups is 1. The van der Waals surface area contributed by atoms with Gasteiger partial charge in [0, 0.05) is 11.5 Å². The van der Waals surface area contributed by atoms with Crippen LogP contribution in [0.4, 0.5) is 0 Å². The Labute approximate surface area is 96.2 Å². The number of benzene rings is 1. The van der Waals surface area contributed by atoms with Gasteiger partial charge in [-0.25, -0.2) is 0 Å². The number of phenols is 1. The molecule has 0 aliphatic heterocycles. The van der Waals surface area contributed by atoms with E-state index in [0.717, 1.165) is 24.0 Å². The smallest absolute Gasteiger partial charge is 0.163 e. The van der Waals surface area contributed by atoms with Gasteiger partial charge in [0.1, 0.15) is 0 Å². The number of rotatable bonds is 3.